The maximum atomic E-state index is 12.6. The van der Waals surface area contributed by atoms with Crippen molar-refractivity contribution in [3.63, 3.8) is 0 Å². The molecule has 0 atom stereocenters. The lowest BCUT2D eigenvalue weighted by Crippen LogP contribution is -2.04. The molecule has 2 aromatic rings. The van der Waals surface area contributed by atoms with Crippen LogP contribution < -0.4 is 4.74 Å². The van der Waals surface area contributed by atoms with Crippen molar-refractivity contribution in [2.45, 2.75) is 10.6 Å². The van der Waals surface area contributed by atoms with E-state index in [4.69, 9.17) is 16.3 Å². The third-order valence-electron chi connectivity index (χ3n) is 2.57. The Morgan fingerprint density at radius 1 is 1.05 bits per heavy atom. The highest BCUT2D eigenvalue weighted by atomic mass is 127. The second kappa shape index (κ2) is 6.22. The molecule has 0 heterocycles. The van der Waals surface area contributed by atoms with Crippen molar-refractivity contribution in [3.05, 3.63) is 58.6 Å². The highest BCUT2D eigenvalue weighted by molar-refractivity contribution is 14.1. The maximum absolute atomic E-state index is 12.6. The highest BCUT2D eigenvalue weighted by Gasteiger charge is 2.30. The molecule has 0 unspecified atom stereocenters. The van der Waals surface area contributed by atoms with Gasteiger partial charge in [-0.05, 0) is 35.9 Å². The molecule has 0 radical (unpaired) electrons. The second-order valence-corrected chi connectivity index (χ2v) is 5.18. The summed E-state index contributed by atoms with van der Waals surface area (Å²) < 4.78 is 43.9. The molecule has 0 aliphatic carbocycles. The molecule has 1 nitrogen and oxygen atoms in total. The van der Waals surface area contributed by atoms with Crippen molar-refractivity contribution in [2.75, 3.05) is 0 Å². The molecule has 106 valence electrons. The normalized spacial score (nSPS) is 11.4. The summed E-state index contributed by atoms with van der Waals surface area (Å²) in [6.45, 7) is 0. The number of hydrogen-bond acceptors (Lipinski definition) is 1. The van der Waals surface area contributed by atoms with Crippen molar-refractivity contribution in [3.8, 4) is 11.5 Å². The van der Waals surface area contributed by atoms with Gasteiger partial charge in [0.1, 0.15) is 11.5 Å². The van der Waals surface area contributed by atoms with E-state index >= 15 is 0 Å². The van der Waals surface area contributed by atoms with Gasteiger partial charge in [-0.15, -0.1) is 0 Å². The molecule has 0 N–H and O–H groups in total. The van der Waals surface area contributed by atoms with Crippen LogP contribution in [-0.4, -0.2) is 0 Å². The minimum Gasteiger partial charge on any atom is -0.457 e. The Morgan fingerprint density at radius 2 is 1.75 bits per heavy atom. The van der Waals surface area contributed by atoms with E-state index in [-0.39, 0.29) is 5.75 Å². The molecule has 0 fully saturated rings. The van der Waals surface area contributed by atoms with E-state index in [2.05, 4.69) is 22.6 Å². The van der Waals surface area contributed by atoms with Crippen LogP contribution in [-0.2, 0) is 10.6 Å². The largest absolute Gasteiger partial charge is 0.457 e. The van der Waals surface area contributed by atoms with Gasteiger partial charge >= 0.3 is 6.18 Å². The van der Waals surface area contributed by atoms with E-state index in [1.165, 1.54) is 12.1 Å². The van der Waals surface area contributed by atoms with Gasteiger partial charge in [0.05, 0.1) is 5.56 Å². The lowest BCUT2D eigenvalue weighted by Gasteiger charge is -2.10. The van der Waals surface area contributed by atoms with Gasteiger partial charge in [-0.1, -0.05) is 46.3 Å². The monoisotopic (exact) mass is 412 g/mol. The summed E-state index contributed by atoms with van der Waals surface area (Å²) in [4.78, 5) is 0. The highest BCUT2D eigenvalue weighted by Crippen LogP contribution is 2.33. The number of benzene rings is 2. The number of rotatable bonds is 3. The Labute approximate surface area is 132 Å². The fourth-order valence-electron chi connectivity index (χ4n) is 1.57. The van der Waals surface area contributed by atoms with Gasteiger partial charge in [-0.3, -0.25) is 0 Å². The standard InChI is InChI=1S/C14H9ClF3IO/c15-13-7-12(5-4-9(13)8-19)20-11-3-1-2-10(6-11)14(16,17)18/h1-7H,8H2. The number of halogens is 5. The fraction of sp³-hybridized carbons (Fsp3) is 0.143. The number of alkyl halides is 4. The van der Waals surface area contributed by atoms with E-state index in [9.17, 15) is 13.2 Å². The molecular formula is C14H9ClF3IO. The molecular weight excluding hydrogens is 404 g/mol. The third kappa shape index (κ3) is 3.79. The number of hydrogen-bond donors (Lipinski definition) is 0. The summed E-state index contributed by atoms with van der Waals surface area (Å²) in [5, 5.41) is 0.531. The molecule has 0 spiro atoms. The van der Waals surface area contributed by atoms with Crippen LogP contribution >= 0.6 is 34.2 Å². The predicted molar refractivity (Wildman–Crippen MR) is 80.7 cm³/mol. The van der Waals surface area contributed by atoms with E-state index in [1.54, 1.807) is 18.2 Å². The van der Waals surface area contributed by atoms with E-state index in [0.29, 0.717) is 10.8 Å². The first-order valence-electron chi connectivity index (χ1n) is 5.59. The van der Waals surface area contributed by atoms with Gasteiger partial charge in [0, 0.05) is 9.45 Å². The fourth-order valence-corrected chi connectivity index (χ4v) is 2.70. The Kier molecular flexibility index (Phi) is 4.80. The zero-order chi connectivity index (χ0) is 14.8. The quantitative estimate of drug-likeness (QED) is 0.438. The van der Waals surface area contributed by atoms with E-state index < -0.39 is 11.7 Å². The van der Waals surface area contributed by atoms with Gasteiger partial charge in [-0.25, -0.2) is 0 Å². The SMILES string of the molecule is FC(F)(F)c1cccc(Oc2ccc(CI)c(Cl)c2)c1. The van der Waals surface area contributed by atoms with Crippen LogP contribution in [0.15, 0.2) is 42.5 Å². The molecule has 0 saturated carbocycles. The summed E-state index contributed by atoms with van der Waals surface area (Å²) in [7, 11) is 0. The molecule has 6 heteroatoms. The topological polar surface area (TPSA) is 9.23 Å². The molecule has 0 bridgehead atoms. The Hall–Kier alpha value is -0.950. The smallest absolute Gasteiger partial charge is 0.416 e. The van der Waals surface area contributed by atoms with Gasteiger partial charge in [0.25, 0.3) is 0 Å². The average Bonchev–Trinajstić information content (AvgIpc) is 2.38. The van der Waals surface area contributed by atoms with Gasteiger partial charge in [-0.2, -0.15) is 13.2 Å². The van der Waals surface area contributed by atoms with Crippen LogP contribution in [0.3, 0.4) is 0 Å². The average molecular weight is 413 g/mol. The molecule has 0 aliphatic heterocycles. The molecule has 20 heavy (non-hydrogen) atoms. The molecule has 0 saturated heterocycles. The summed E-state index contributed by atoms with van der Waals surface area (Å²) in [6, 6.07) is 9.79. The molecule has 2 rings (SSSR count). The van der Waals surface area contributed by atoms with Crippen LogP contribution in [0.25, 0.3) is 0 Å². The first kappa shape index (κ1) is 15.4. The predicted octanol–water partition coefficient (Wildman–Crippen LogP) is 6.09. The molecule has 0 amide bonds. The second-order valence-electron chi connectivity index (χ2n) is 4.01. The van der Waals surface area contributed by atoms with E-state index in [0.717, 1.165) is 22.1 Å². The lowest BCUT2D eigenvalue weighted by molar-refractivity contribution is -0.137. The Bertz CT molecular complexity index is 614. The first-order chi connectivity index (χ1) is 9.40. The Morgan fingerprint density at radius 3 is 2.35 bits per heavy atom. The summed E-state index contributed by atoms with van der Waals surface area (Å²) in [6.07, 6.45) is -4.39. The van der Waals surface area contributed by atoms with Gasteiger partial charge < -0.3 is 4.74 Å². The first-order valence-corrected chi connectivity index (χ1v) is 7.50. The van der Waals surface area contributed by atoms with Crippen LogP contribution in [0.1, 0.15) is 11.1 Å². The minimum atomic E-state index is -4.39. The molecule has 2 aromatic carbocycles. The zero-order valence-electron chi connectivity index (χ0n) is 10.0. The zero-order valence-corrected chi connectivity index (χ0v) is 13.0. The van der Waals surface area contributed by atoms with Crippen molar-refractivity contribution >= 4 is 34.2 Å². The van der Waals surface area contributed by atoms with Crippen molar-refractivity contribution < 1.29 is 17.9 Å². The van der Waals surface area contributed by atoms with Crippen LogP contribution in [0.2, 0.25) is 5.02 Å². The number of ether oxygens (including phenoxy) is 1. The van der Waals surface area contributed by atoms with Crippen molar-refractivity contribution in [1.29, 1.82) is 0 Å². The molecule has 0 aromatic heterocycles. The minimum absolute atomic E-state index is 0.123. The van der Waals surface area contributed by atoms with Crippen LogP contribution in [0.5, 0.6) is 11.5 Å². The van der Waals surface area contributed by atoms with Crippen LogP contribution in [0.4, 0.5) is 13.2 Å². The van der Waals surface area contributed by atoms with Crippen LogP contribution in [0, 0.1) is 0 Å². The maximum Gasteiger partial charge on any atom is 0.416 e. The Balaban J connectivity index is 2.24. The van der Waals surface area contributed by atoms with Gasteiger partial charge in [0.15, 0.2) is 0 Å². The molecule has 0 aliphatic rings. The van der Waals surface area contributed by atoms with E-state index in [1.807, 2.05) is 0 Å². The third-order valence-corrected chi connectivity index (χ3v) is 3.74. The summed E-state index contributed by atoms with van der Waals surface area (Å²) in [5.74, 6) is 0.529. The summed E-state index contributed by atoms with van der Waals surface area (Å²) >= 11 is 8.21. The van der Waals surface area contributed by atoms with Crippen molar-refractivity contribution in [2.24, 2.45) is 0 Å². The van der Waals surface area contributed by atoms with Gasteiger partial charge in [0.2, 0.25) is 0 Å². The summed E-state index contributed by atoms with van der Waals surface area (Å²) in [5.41, 5.74) is 0.202. The lowest BCUT2D eigenvalue weighted by atomic mass is 10.2. The van der Waals surface area contributed by atoms with Crippen molar-refractivity contribution in [1.82, 2.24) is 0 Å².